The summed E-state index contributed by atoms with van der Waals surface area (Å²) in [5.74, 6) is -0.372. The zero-order valence-corrected chi connectivity index (χ0v) is 11.0. The van der Waals surface area contributed by atoms with E-state index in [4.69, 9.17) is 11.6 Å². The molecule has 0 radical (unpaired) electrons. The van der Waals surface area contributed by atoms with Crippen LogP contribution in [0.25, 0.3) is 11.1 Å². The molecule has 0 unspecified atom stereocenters. The van der Waals surface area contributed by atoms with Crippen molar-refractivity contribution in [2.24, 2.45) is 0 Å². The van der Waals surface area contributed by atoms with Crippen molar-refractivity contribution in [2.75, 3.05) is 0 Å². The summed E-state index contributed by atoms with van der Waals surface area (Å²) in [4.78, 5) is 11.1. The van der Waals surface area contributed by atoms with E-state index in [0.717, 1.165) is 0 Å². The van der Waals surface area contributed by atoms with E-state index in [9.17, 15) is 14.3 Å². The van der Waals surface area contributed by atoms with Gasteiger partial charge in [-0.05, 0) is 47.4 Å². The first-order valence-corrected chi connectivity index (χ1v) is 6.10. The van der Waals surface area contributed by atoms with Crippen molar-refractivity contribution < 1.29 is 14.3 Å². The molecule has 0 fully saturated rings. The lowest BCUT2D eigenvalue weighted by Gasteiger charge is -2.15. The van der Waals surface area contributed by atoms with Gasteiger partial charge >= 0.3 is 0 Å². The molecule has 0 heterocycles. The Labute approximate surface area is 115 Å². The molecule has 0 aliphatic carbocycles. The van der Waals surface area contributed by atoms with Crippen molar-refractivity contribution in [3.05, 3.63) is 57.9 Å². The van der Waals surface area contributed by atoms with Crippen molar-refractivity contribution in [1.82, 2.24) is 0 Å². The molecule has 2 aromatic carbocycles. The lowest BCUT2D eigenvalue weighted by atomic mass is 9.92. The highest BCUT2D eigenvalue weighted by Crippen LogP contribution is 2.33. The lowest BCUT2D eigenvalue weighted by molar-refractivity contribution is 0.112. The van der Waals surface area contributed by atoms with Crippen LogP contribution in [0.3, 0.4) is 0 Å². The maximum absolute atomic E-state index is 13.3. The Morgan fingerprint density at radius 1 is 1.37 bits per heavy atom. The van der Waals surface area contributed by atoms with Crippen molar-refractivity contribution in [2.45, 2.75) is 13.5 Å². The van der Waals surface area contributed by atoms with E-state index >= 15 is 0 Å². The summed E-state index contributed by atoms with van der Waals surface area (Å²) in [5.41, 5.74) is 2.82. The molecule has 4 heteroatoms. The van der Waals surface area contributed by atoms with Gasteiger partial charge in [-0.15, -0.1) is 0 Å². The van der Waals surface area contributed by atoms with Gasteiger partial charge in [-0.3, -0.25) is 4.79 Å². The van der Waals surface area contributed by atoms with Gasteiger partial charge in [0.25, 0.3) is 0 Å². The van der Waals surface area contributed by atoms with E-state index in [0.29, 0.717) is 34.1 Å². The minimum atomic E-state index is -0.372. The molecule has 0 aliphatic rings. The van der Waals surface area contributed by atoms with Crippen LogP contribution in [0.5, 0.6) is 0 Å². The van der Waals surface area contributed by atoms with Crippen LogP contribution in [0, 0.1) is 12.7 Å². The van der Waals surface area contributed by atoms with Crippen LogP contribution >= 0.6 is 11.6 Å². The summed E-state index contributed by atoms with van der Waals surface area (Å²) >= 11 is 5.99. The zero-order valence-electron chi connectivity index (χ0n) is 10.3. The molecule has 0 spiro atoms. The second kappa shape index (κ2) is 5.51. The molecule has 0 aliphatic heterocycles. The number of aliphatic hydroxyl groups excluding tert-OH is 1. The summed E-state index contributed by atoms with van der Waals surface area (Å²) in [7, 11) is 0. The third-order valence-electron chi connectivity index (χ3n) is 3.06. The third kappa shape index (κ3) is 2.53. The first-order valence-electron chi connectivity index (χ1n) is 5.72. The van der Waals surface area contributed by atoms with Crippen molar-refractivity contribution in [1.29, 1.82) is 0 Å². The number of aliphatic hydroxyl groups is 1. The summed E-state index contributed by atoms with van der Waals surface area (Å²) in [5, 5.41) is 9.71. The Hall–Kier alpha value is -1.71. The van der Waals surface area contributed by atoms with Crippen LogP contribution in [0.15, 0.2) is 30.3 Å². The highest BCUT2D eigenvalue weighted by atomic mass is 35.5. The molecular weight excluding hydrogens is 267 g/mol. The van der Waals surface area contributed by atoms with E-state index in [1.54, 1.807) is 25.1 Å². The Morgan fingerprint density at radius 3 is 2.68 bits per heavy atom. The number of halogens is 2. The van der Waals surface area contributed by atoms with Crippen molar-refractivity contribution >= 4 is 17.9 Å². The first kappa shape index (κ1) is 13.7. The fraction of sp³-hybridized carbons (Fsp3) is 0.133. The number of carbonyl (C=O) groups excluding carboxylic acids is 1. The summed E-state index contributed by atoms with van der Waals surface area (Å²) in [6.07, 6.45) is 0.668. The molecule has 0 saturated heterocycles. The van der Waals surface area contributed by atoms with Crippen LogP contribution in [0.1, 0.15) is 21.5 Å². The molecule has 0 amide bonds. The van der Waals surface area contributed by atoms with Gasteiger partial charge in [-0.25, -0.2) is 4.39 Å². The molecule has 2 rings (SSSR count). The number of rotatable bonds is 3. The minimum absolute atomic E-state index is 0.231. The standard InChI is InChI=1S/C15H12ClFO2/c1-9-13(8-19)14(16)6-11(7-18)15(9)10-3-2-4-12(17)5-10/h2-6,8,18H,7H2,1H3. The summed E-state index contributed by atoms with van der Waals surface area (Å²) in [6.45, 7) is 1.50. The molecule has 0 aromatic heterocycles. The highest BCUT2D eigenvalue weighted by molar-refractivity contribution is 6.33. The smallest absolute Gasteiger partial charge is 0.151 e. The van der Waals surface area contributed by atoms with E-state index in [1.165, 1.54) is 12.1 Å². The normalized spacial score (nSPS) is 10.5. The van der Waals surface area contributed by atoms with Crippen LogP contribution in [-0.4, -0.2) is 11.4 Å². The maximum Gasteiger partial charge on any atom is 0.151 e. The largest absolute Gasteiger partial charge is 0.392 e. The second-order valence-corrected chi connectivity index (χ2v) is 4.62. The van der Waals surface area contributed by atoms with Gasteiger partial charge < -0.3 is 5.11 Å². The lowest BCUT2D eigenvalue weighted by Crippen LogP contribution is -1.99. The fourth-order valence-corrected chi connectivity index (χ4v) is 2.49. The van der Waals surface area contributed by atoms with Crippen LogP contribution < -0.4 is 0 Å². The number of aldehydes is 1. The predicted octanol–water partition coefficient (Wildman–Crippen LogP) is 3.76. The highest BCUT2D eigenvalue weighted by Gasteiger charge is 2.15. The molecule has 2 aromatic rings. The molecule has 1 N–H and O–H groups in total. The van der Waals surface area contributed by atoms with Gasteiger partial charge in [0.2, 0.25) is 0 Å². The molecule has 0 bridgehead atoms. The zero-order chi connectivity index (χ0) is 14.0. The van der Waals surface area contributed by atoms with Gasteiger partial charge in [0.15, 0.2) is 6.29 Å². The topological polar surface area (TPSA) is 37.3 Å². The third-order valence-corrected chi connectivity index (χ3v) is 3.37. The van der Waals surface area contributed by atoms with E-state index < -0.39 is 0 Å². The van der Waals surface area contributed by atoms with Gasteiger partial charge in [-0.1, -0.05) is 23.7 Å². The van der Waals surface area contributed by atoms with Crippen LogP contribution in [-0.2, 0) is 6.61 Å². The number of hydrogen-bond acceptors (Lipinski definition) is 2. The van der Waals surface area contributed by atoms with Crippen LogP contribution in [0.2, 0.25) is 5.02 Å². The average Bonchev–Trinajstić information content (AvgIpc) is 2.38. The number of benzene rings is 2. The van der Waals surface area contributed by atoms with Gasteiger partial charge in [0.1, 0.15) is 5.82 Å². The minimum Gasteiger partial charge on any atom is -0.392 e. The van der Waals surface area contributed by atoms with Crippen LogP contribution in [0.4, 0.5) is 4.39 Å². The maximum atomic E-state index is 13.3. The Morgan fingerprint density at radius 2 is 2.11 bits per heavy atom. The first-order chi connectivity index (χ1) is 9.08. The Balaban J connectivity index is 2.77. The van der Waals surface area contributed by atoms with Gasteiger partial charge in [0.05, 0.1) is 11.6 Å². The molecule has 98 valence electrons. The molecule has 19 heavy (non-hydrogen) atoms. The molecule has 0 saturated carbocycles. The SMILES string of the molecule is Cc1c(C=O)c(Cl)cc(CO)c1-c1cccc(F)c1. The van der Waals surface area contributed by atoms with Crippen molar-refractivity contribution in [3.63, 3.8) is 0 Å². The number of carbonyl (C=O) groups is 1. The fourth-order valence-electron chi connectivity index (χ4n) is 2.17. The monoisotopic (exact) mass is 278 g/mol. The quantitative estimate of drug-likeness (QED) is 0.868. The van der Waals surface area contributed by atoms with E-state index in [1.807, 2.05) is 0 Å². The Kier molecular flexibility index (Phi) is 3.98. The number of hydrogen-bond donors (Lipinski definition) is 1. The van der Waals surface area contributed by atoms with E-state index in [2.05, 4.69) is 0 Å². The summed E-state index contributed by atoms with van der Waals surface area (Å²) in [6, 6.07) is 7.56. The predicted molar refractivity (Wildman–Crippen MR) is 72.9 cm³/mol. The molecular formula is C15H12ClFO2. The summed E-state index contributed by atoms with van der Waals surface area (Å²) < 4.78 is 13.3. The molecule has 2 nitrogen and oxygen atoms in total. The second-order valence-electron chi connectivity index (χ2n) is 4.22. The Bertz CT molecular complexity index is 638. The van der Waals surface area contributed by atoms with Gasteiger partial charge in [-0.2, -0.15) is 0 Å². The average molecular weight is 279 g/mol. The van der Waals surface area contributed by atoms with Crippen molar-refractivity contribution in [3.8, 4) is 11.1 Å². The van der Waals surface area contributed by atoms with E-state index in [-0.39, 0.29) is 17.4 Å². The molecule has 0 atom stereocenters. The van der Waals surface area contributed by atoms with Gasteiger partial charge in [0, 0.05) is 5.56 Å².